The van der Waals surface area contributed by atoms with E-state index in [1.165, 1.54) is 16.9 Å². The van der Waals surface area contributed by atoms with Gasteiger partial charge in [-0.1, -0.05) is 59.9 Å². The van der Waals surface area contributed by atoms with Crippen LogP contribution in [0.5, 0.6) is 11.5 Å². The van der Waals surface area contributed by atoms with E-state index in [1.54, 1.807) is 17.3 Å². The molecule has 3 heterocycles. The second kappa shape index (κ2) is 8.39. The van der Waals surface area contributed by atoms with Crippen LogP contribution < -0.4 is 9.64 Å². The standard InChI is InChI=1S/C28H21N3O2S/c1-18-12-13-22-25(15-18)34-28(30-22)31(17-19-7-6-14-29-16-19)27(32)26-20-8-2-4-10-23(20)33-24-11-5-3-9-21(24)26/h2-16,26H,17H2,1H3. The van der Waals surface area contributed by atoms with E-state index in [0.29, 0.717) is 23.2 Å². The lowest BCUT2D eigenvalue weighted by Crippen LogP contribution is -2.36. The van der Waals surface area contributed by atoms with Crippen LogP contribution in [0.1, 0.15) is 28.2 Å². The number of ether oxygens (including phenoxy) is 1. The SMILES string of the molecule is Cc1ccc2nc(N(Cc3cccnc3)C(=O)C3c4ccccc4Oc4ccccc43)sc2c1. The highest BCUT2D eigenvalue weighted by atomic mass is 32.1. The van der Waals surface area contributed by atoms with E-state index in [9.17, 15) is 4.79 Å². The van der Waals surface area contributed by atoms with Gasteiger partial charge in [0.05, 0.1) is 22.7 Å². The lowest BCUT2D eigenvalue weighted by Gasteiger charge is -2.31. The van der Waals surface area contributed by atoms with E-state index >= 15 is 0 Å². The molecule has 2 aromatic heterocycles. The highest BCUT2D eigenvalue weighted by Crippen LogP contribution is 2.45. The molecule has 5 aromatic rings. The van der Waals surface area contributed by atoms with Crippen LogP contribution in [0.3, 0.4) is 0 Å². The molecule has 6 heteroatoms. The number of hydrogen-bond donors (Lipinski definition) is 0. The summed E-state index contributed by atoms with van der Waals surface area (Å²) in [5, 5.41) is 0.677. The molecule has 1 amide bonds. The first-order chi connectivity index (χ1) is 16.7. The fourth-order valence-corrected chi connectivity index (χ4v) is 5.45. The summed E-state index contributed by atoms with van der Waals surface area (Å²) in [5.74, 6) is 0.885. The number of carbonyl (C=O) groups excluding carboxylic acids is 1. The first-order valence-corrected chi connectivity index (χ1v) is 11.9. The molecule has 0 unspecified atom stereocenters. The van der Waals surface area contributed by atoms with Crippen molar-refractivity contribution >= 4 is 32.6 Å². The van der Waals surface area contributed by atoms with Crippen LogP contribution >= 0.6 is 11.3 Å². The van der Waals surface area contributed by atoms with Crippen molar-refractivity contribution in [2.45, 2.75) is 19.4 Å². The Morgan fingerprint density at radius 1 is 0.971 bits per heavy atom. The topological polar surface area (TPSA) is 55.3 Å². The largest absolute Gasteiger partial charge is 0.457 e. The van der Waals surface area contributed by atoms with E-state index in [2.05, 4.69) is 18.0 Å². The minimum atomic E-state index is -0.494. The van der Waals surface area contributed by atoms with Gasteiger partial charge in [-0.3, -0.25) is 14.7 Å². The summed E-state index contributed by atoms with van der Waals surface area (Å²) in [6.07, 6.45) is 3.53. The van der Waals surface area contributed by atoms with Crippen molar-refractivity contribution < 1.29 is 9.53 Å². The smallest absolute Gasteiger partial charge is 0.241 e. The first-order valence-electron chi connectivity index (χ1n) is 11.1. The molecule has 0 saturated carbocycles. The van der Waals surface area contributed by atoms with Crippen molar-refractivity contribution in [3.05, 3.63) is 114 Å². The molecule has 34 heavy (non-hydrogen) atoms. The van der Waals surface area contributed by atoms with Crippen LogP contribution in [0.15, 0.2) is 91.3 Å². The summed E-state index contributed by atoms with van der Waals surface area (Å²) >= 11 is 1.54. The van der Waals surface area contributed by atoms with Gasteiger partial charge in [-0.05, 0) is 48.4 Å². The van der Waals surface area contributed by atoms with Crippen LogP contribution in [0.2, 0.25) is 0 Å². The van der Waals surface area contributed by atoms with Crippen molar-refractivity contribution in [1.29, 1.82) is 0 Å². The number of benzene rings is 3. The molecule has 0 saturated heterocycles. The van der Waals surface area contributed by atoms with E-state index in [4.69, 9.17) is 9.72 Å². The summed E-state index contributed by atoms with van der Waals surface area (Å²) in [5.41, 5.74) is 4.72. The lowest BCUT2D eigenvalue weighted by atomic mass is 9.87. The molecule has 0 fully saturated rings. The number of para-hydroxylation sites is 2. The number of fused-ring (bicyclic) bond motifs is 3. The third kappa shape index (κ3) is 3.62. The molecule has 0 bridgehead atoms. The average Bonchev–Trinajstić information content (AvgIpc) is 3.29. The Bertz CT molecular complexity index is 1470. The zero-order valence-electron chi connectivity index (χ0n) is 18.5. The van der Waals surface area contributed by atoms with E-state index in [-0.39, 0.29) is 5.91 Å². The van der Waals surface area contributed by atoms with Crippen LogP contribution in [0, 0.1) is 6.92 Å². The van der Waals surface area contributed by atoms with Gasteiger partial charge < -0.3 is 4.74 Å². The molecule has 0 atom stereocenters. The maximum atomic E-state index is 14.4. The number of carbonyl (C=O) groups is 1. The minimum Gasteiger partial charge on any atom is -0.457 e. The van der Waals surface area contributed by atoms with Crippen molar-refractivity contribution in [1.82, 2.24) is 9.97 Å². The molecule has 0 aliphatic carbocycles. The Morgan fingerprint density at radius 2 is 1.71 bits per heavy atom. The molecule has 5 nitrogen and oxygen atoms in total. The Labute approximate surface area is 201 Å². The van der Waals surface area contributed by atoms with Crippen LogP contribution in [-0.2, 0) is 11.3 Å². The fraction of sp³-hybridized carbons (Fsp3) is 0.107. The summed E-state index contributed by atoms with van der Waals surface area (Å²) in [7, 11) is 0. The molecule has 166 valence electrons. The van der Waals surface area contributed by atoms with Gasteiger partial charge in [0.25, 0.3) is 0 Å². The Morgan fingerprint density at radius 3 is 2.41 bits per heavy atom. The third-order valence-corrected chi connectivity index (χ3v) is 7.06. The molecule has 0 N–H and O–H groups in total. The maximum absolute atomic E-state index is 14.4. The van der Waals surface area contributed by atoms with Crippen LogP contribution in [-0.4, -0.2) is 15.9 Å². The average molecular weight is 464 g/mol. The predicted molar refractivity (Wildman–Crippen MR) is 135 cm³/mol. The van der Waals surface area contributed by atoms with Gasteiger partial charge in [0.1, 0.15) is 11.5 Å². The molecule has 6 rings (SSSR count). The molecule has 0 radical (unpaired) electrons. The molecule has 1 aliphatic rings. The van der Waals surface area contributed by atoms with Crippen LogP contribution in [0.4, 0.5) is 5.13 Å². The van der Waals surface area contributed by atoms with Gasteiger partial charge in [-0.2, -0.15) is 0 Å². The normalized spacial score (nSPS) is 12.6. The van der Waals surface area contributed by atoms with Gasteiger partial charge in [0.2, 0.25) is 5.91 Å². The van der Waals surface area contributed by atoms with Gasteiger partial charge >= 0.3 is 0 Å². The Kier molecular flexibility index (Phi) is 5.08. The Hall–Kier alpha value is -4.03. The van der Waals surface area contributed by atoms with Gasteiger partial charge in [0, 0.05) is 23.5 Å². The molecule has 3 aromatic carbocycles. The zero-order valence-corrected chi connectivity index (χ0v) is 19.3. The summed E-state index contributed by atoms with van der Waals surface area (Å²) in [6, 6.07) is 25.6. The number of anilines is 1. The molecule has 0 spiro atoms. The number of aromatic nitrogens is 2. The summed E-state index contributed by atoms with van der Waals surface area (Å²) < 4.78 is 7.19. The van der Waals surface area contributed by atoms with E-state index in [1.807, 2.05) is 72.8 Å². The van der Waals surface area contributed by atoms with Crippen molar-refractivity contribution in [3.63, 3.8) is 0 Å². The molecular formula is C28H21N3O2S. The van der Waals surface area contributed by atoms with Crippen molar-refractivity contribution in [2.75, 3.05) is 4.90 Å². The minimum absolute atomic E-state index is 0.0390. The number of amides is 1. The molecular weight excluding hydrogens is 442 g/mol. The van der Waals surface area contributed by atoms with Crippen molar-refractivity contribution in [2.24, 2.45) is 0 Å². The van der Waals surface area contributed by atoms with Crippen molar-refractivity contribution in [3.8, 4) is 11.5 Å². The predicted octanol–water partition coefficient (Wildman–Crippen LogP) is 6.47. The number of rotatable bonds is 4. The fourth-order valence-electron chi connectivity index (χ4n) is 4.38. The van der Waals surface area contributed by atoms with E-state index < -0.39 is 5.92 Å². The van der Waals surface area contributed by atoms with Crippen LogP contribution in [0.25, 0.3) is 10.2 Å². The maximum Gasteiger partial charge on any atom is 0.241 e. The van der Waals surface area contributed by atoms with Gasteiger partial charge in [-0.25, -0.2) is 4.98 Å². The first kappa shape index (κ1) is 20.6. The van der Waals surface area contributed by atoms with Gasteiger partial charge in [-0.15, -0.1) is 0 Å². The monoisotopic (exact) mass is 463 g/mol. The quantitative estimate of drug-likeness (QED) is 0.306. The number of thiazole rings is 1. The summed E-state index contributed by atoms with van der Waals surface area (Å²) in [4.78, 5) is 25.3. The number of hydrogen-bond acceptors (Lipinski definition) is 5. The number of pyridine rings is 1. The second-order valence-corrected chi connectivity index (χ2v) is 9.37. The third-order valence-electron chi connectivity index (χ3n) is 6.02. The molecule has 1 aliphatic heterocycles. The van der Waals surface area contributed by atoms with E-state index in [0.717, 1.165) is 26.9 Å². The van der Waals surface area contributed by atoms with Gasteiger partial charge in [0.15, 0.2) is 5.13 Å². The number of nitrogens with zero attached hydrogens (tertiary/aromatic N) is 3. The Balaban J connectivity index is 1.49. The summed E-state index contributed by atoms with van der Waals surface area (Å²) in [6.45, 7) is 2.44. The second-order valence-electron chi connectivity index (χ2n) is 8.36. The number of aryl methyl sites for hydroxylation is 1. The highest BCUT2D eigenvalue weighted by molar-refractivity contribution is 7.22. The lowest BCUT2D eigenvalue weighted by molar-refractivity contribution is -0.119. The highest BCUT2D eigenvalue weighted by Gasteiger charge is 2.36. The zero-order chi connectivity index (χ0) is 23.1.